The van der Waals surface area contributed by atoms with Gasteiger partial charge in [-0.2, -0.15) is 10.1 Å². The van der Waals surface area contributed by atoms with Crippen LogP contribution in [0.3, 0.4) is 0 Å². The molecule has 4 rings (SSSR count). The molecule has 3 aromatic carbocycles. The molecular formula is C32H35N5O7. The Morgan fingerprint density at radius 1 is 0.682 bits per heavy atom. The Kier molecular flexibility index (Phi) is 10.1. The second-order valence-electron chi connectivity index (χ2n) is 10.7. The highest BCUT2D eigenvalue weighted by Crippen LogP contribution is 2.32. The number of nitrogens with one attached hydrogen (secondary N) is 3. The maximum absolute atomic E-state index is 13.3. The molecule has 5 N–H and O–H groups in total. The van der Waals surface area contributed by atoms with Gasteiger partial charge in [-0.15, -0.1) is 0 Å². The van der Waals surface area contributed by atoms with Gasteiger partial charge in [0, 0.05) is 42.6 Å². The molecule has 0 aliphatic heterocycles. The molecular weight excluding hydrogens is 566 g/mol. The van der Waals surface area contributed by atoms with Gasteiger partial charge in [-0.05, 0) is 92.3 Å². The standard InChI is InChI=1S/C32H35N5O7/c1-19-4-10-25(11-5-19)35-32(40)24-16-28(43-26-12-6-22(7-13-26)30(33)36(41)20(2)38)18-29(17-24)44-27-14-8-23(9-15-27)31(34)37(42)21(3)39/h6-9,12-19,25,33-34,41-42H,4-5,10-11H2,1-3H3,(H,35,40). The number of hydroxylamine groups is 4. The first-order valence-corrected chi connectivity index (χ1v) is 14.1. The van der Waals surface area contributed by atoms with Crippen LogP contribution in [0.1, 0.15) is 67.9 Å². The summed E-state index contributed by atoms with van der Waals surface area (Å²) >= 11 is 0. The molecule has 44 heavy (non-hydrogen) atoms. The summed E-state index contributed by atoms with van der Waals surface area (Å²) < 4.78 is 12.1. The second kappa shape index (κ2) is 13.9. The average molecular weight is 602 g/mol. The van der Waals surface area contributed by atoms with Crippen molar-refractivity contribution in [1.82, 2.24) is 15.4 Å². The molecule has 0 radical (unpaired) electrons. The lowest BCUT2D eigenvalue weighted by molar-refractivity contribution is -0.147. The van der Waals surface area contributed by atoms with E-state index in [1.807, 2.05) is 0 Å². The molecule has 1 saturated carbocycles. The minimum atomic E-state index is -0.694. The minimum Gasteiger partial charge on any atom is -0.457 e. The van der Waals surface area contributed by atoms with Crippen molar-refractivity contribution in [3.63, 3.8) is 0 Å². The van der Waals surface area contributed by atoms with Gasteiger partial charge in [0.1, 0.15) is 23.0 Å². The normalized spacial score (nSPS) is 15.9. The van der Waals surface area contributed by atoms with Crippen molar-refractivity contribution in [2.24, 2.45) is 5.92 Å². The van der Waals surface area contributed by atoms with Crippen molar-refractivity contribution in [1.29, 1.82) is 10.8 Å². The third kappa shape index (κ3) is 8.06. The topological polar surface area (TPSA) is 176 Å². The van der Waals surface area contributed by atoms with E-state index in [0.29, 0.717) is 34.5 Å². The average Bonchev–Trinajstić information content (AvgIpc) is 3.01. The summed E-state index contributed by atoms with van der Waals surface area (Å²) in [6.07, 6.45) is 3.90. The number of carbonyl (C=O) groups excluding carboxylic acids is 3. The molecule has 3 aromatic rings. The monoisotopic (exact) mass is 601 g/mol. The summed E-state index contributed by atoms with van der Waals surface area (Å²) in [5.41, 5.74) is 0.902. The van der Waals surface area contributed by atoms with Crippen LogP contribution < -0.4 is 14.8 Å². The van der Waals surface area contributed by atoms with Gasteiger partial charge in [0.05, 0.1) is 0 Å². The van der Waals surface area contributed by atoms with E-state index in [1.165, 1.54) is 24.3 Å². The molecule has 0 heterocycles. The zero-order valence-corrected chi connectivity index (χ0v) is 24.7. The molecule has 0 atom stereocenters. The summed E-state index contributed by atoms with van der Waals surface area (Å²) in [7, 11) is 0. The van der Waals surface area contributed by atoms with Gasteiger partial charge in [0.15, 0.2) is 11.7 Å². The van der Waals surface area contributed by atoms with Crippen LogP contribution in [0.15, 0.2) is 66.7 Å². The molecule has 12 nitrogen and oxygen atoms in total. The molecule has 230 valence electrons. The van der Waals surface area contributed by atoms with Crippen molar-refractivity contribution in [2.45, 2.75) is 52.5 Å². The van der Waals surface area contributed by atoms with Crippen LogP contribution in [0.4, 0.5) is 0 Å². The maximum atomic E-state index is 13.3. The third-order valence-corrected chi connectivity index (χ3v) is 7.24. The van der Waals surface area contributed by atoms with E-state index in [2.05, 4.69) is 12.2 Å². The highest BCUT2D eigenvalue weighted by molar-refractivity contribution is 6.05. The van der Waals surface area contributed by atoms with Crippen LogP contribution in [-0.4, -0.2) is 56.0 Å². The molecule has 1 aliphatic carbocycles. The largest absolute Gasteiger partial charge is 0.457 e. The number of amides is 3. The molecule has 1 fully saturated rings. The summed E-state index contributed by atoms with van der Waals surface area (Å²) in [5, 5.41) is 39.0. The predicted octanol–water partition coefficient (Wildman–Crippen LogP) is 5.71. The summed E-state index contributed by atoms with van der Waals surface area (Å²) in [5.74, 6) is -0.439. The molecule has 0 spiro atoms. The second-order valence-corrected chi connectivity index (χ2v) is 10.7. The number of nitrogens with zero attached hydrogens (tertiary/aromatic N) is 2. The van der Waals surface area contributed by atoms with E-state index in [9.17, 15) is 24.8 Å². The van der Waals surface area contributed by atoms with Crippen LogP contribution in [-0.2, 0) is 9.59 Å². The first kappa shape index (κ1) is 31.9. The summed E-state index contributed by atoms with van der Waals surface area (Å²) in [6, 6.07) is 17.2. The lowest BCUT2D eigenvalue weighted by atomic mass is 9.87. The number of hydrogen-bond acceptors (Lipinski definition) is 9. The van der Waals surface area contributed by atoms with Crippen molar-refractivity contribution in [3.05, 3.63) is 83.4 Å². The van der Waals surface area contributed by atoms with E-state index in [1.54, 1.807) is 42.5 Å². The van der Waals surface area contributed by atoms with Gasteiger partial charge < -0.3 is 14.8 Å². The molecule has 0 aromatic heterocycles. The van der Waals surface area contributed by atoms with Crippen molar-refractivity contribution >= 4 is 29.4 Å². The number of rotatable bonds is 8. The van der Waals surface area contributed by atoms with E-state index in [4.69, 9.17) is 20.3 Å². The van der Waals surface area contributed by atoms with Crippen LogP contribution in [0.2, 0.25) is 0 Å². The minimum absolute atomic E-state index is 0.0700. The van der Waals surface area contributed by atoms with Crippen LogP contribution in [0.25, 0.3) is 0 Å². The van der Waals surface area contributed by atoms with E-state index in [-0.39, 0.29) is 44.9 Å². The first-order valence-electron chi connectivity index (χ1n) is 14.1. The highest BCUT2D eigenvalue weighted by Gasteiger charge is 2.22. The quantitative estimate of drug-likeness (QED) is 0.0951. The van der Waals surface area contributed by atoms with Gasteiger partial charge in [0.25, 0.3) is 5.91 Å². The van der Waals surface area contributed by atoms with E-state index in [0.717, 1.165) is 39.5 Å². The highest BCUT2D eigenvalue weighted by atomic mass is 16.5. The Bertz CT molecular complexity index is 1450. The summed E-state index contributed by atoms with van der Waals surface area (Å²) in [4.78, 5) is 36.1. The van der Waals surface area contributed by atoms with E-state index >= 15 is 0 Å². The fourth-order valence-corrected chi connectivity index (χ4v) is 4.69. The zero-order valence-electron chi connectivity index (χ0n) is 24.7. The zero-order chi connectivity index (χ0) is 32.0. The number of hydrogen-bond donors (Lipinski definition) is 5. The maximum Gasteiger partial charge on any atom is 0.251 e. The van der Waals surface area contributed by atoms with Gasteiger partial charge in [-0.1, -0.05) is 6.92 Å². The smallest absolute Gasteiger partial charge is 0.251 e. The van der Waals surface area contributed by atoms with Gasteiger partial charge in [-0.25, -0.2) is 0 Å². The fraction of sp³-hybridized carbons (Fsp3) is 0.281. The Morgan fingerprint density at radius 2 is 1.09 bits per heavy atom. The van der Waals surface area contributed by atoms with Crippen molar-refractivity contribution in [2.75, 3.05) is 0 Å². The van der Waals surface area contributed by atoms with Crippen LogP contribution >= 0.6 is 0 Å². The number of carbonyl (C=O) groups is 3. The number of amidine groups is 2. The lowest BCUT2D eigenvalue weighted by Crippen LogP contribution is -2.37. The molecule has 1 aliphatic rings. The molecule has 0 unspecified atom stereocenters. The molecule has 12 heteroatoms. The van der Waals surface area contributed by atoms with E-state index < -0.39 is 11.8 Å². The lowest BCUT2D eigenvalue weighted by Gasteiger charge is -2.27. The third-order valence-electron chi connectivity index (χ3n) is 7.24. The Labute approximate surface area is 254 Å². The van der Waals surface area contributed by atoms with Crippen LogP contribution in [0, 0.1) is 16.7 Å². The molecule has 3 amide bonds. The van der Waals surface area contributed by atoms with Crippen LogP contribution in [0.5, 0.6) is 23.0 Å². The van der Waals surface area contributed by atoms with Crippen molar-refractivity contribution in [3.8, 4) is 23.0 Å². The van der Waals surface area contributed by atoms with Gasteiger partial charge in [-0.3, -0.25) is 35.6 Å². The van der Waals surface area contributed by atoms with Gasteiger partial charge >= 0.3 is 0 Å². The van der Waals surface area contributed by atoms with Crippen molar-refractivity contribution < 1.29 is 34.3 Å². The SMILES string of the molecule is CC(=O)N(O)C(=N)c1ccc(Oc2cc(Oc3ccc(C(=N)N(O)C(C)=O)cc3)cc(C(=O)NC3CCC(C)CC3)c2)cc1. The summed E-state index contributed by atoms with van der Waals surface area (Å²) in [6.45, 7) is 4.49. The first-order chi connectivity index (χ1) is 20.9. The fourth-order valence-electron chi connectivity index (χ4n) is 4.69. The Morgan fingerprint density at radius 3 is 1.48 bits per heavy atom. The number of ether oxygens (including phenoxy) is 2. The molecule has 0 saturated heterocycles. The Hall–Kier alpha value is -5.07. The van der Waals surface area contributed by atoms with Gasteiger partial charge in [0.2, 0.25) is 11.8 Å². The molecule has 0 bridgehead atoms. The predicted molar refractivity (Wildman–Crippen MR) is 161 cm³/mol. The Balaban J connectivity index is 1.57. The number of benzene rings is 3.